The van der Waals surface area contributed by atoms with Gasteiger partial charge in [0.15, 0.2) is 0 Å². The van der Waals surface area contributed by atoms with Crippen LogP contribution in [0.1, 0.15) is 23.2 Å². The highest BCUT2D eigenvalue weighted by molar-refractivity contribution is 7.92. The summed E-state index contributed by atoms with van der Waals surface area (Å²) in [5, 5.41) is 2.91. The molecular weight excluding hydrogens is 357 g/mol. The Morgan fingerprint density at radius 3 is 2.27 bits per heavy atom. The van der Waals surface area contributed by atoms with Crippen LogP contribution >= 0.6 is 0 Å². The molecule has 2 aromatic rings. The molecule has 138 valence electrons. The minimum atomic E-state index is -3.82. The summed E-state index contributed by atoms with van der Waals surface area (Å²) in [4.78, 5) is 12.2. The predicted octanol–water partition coefficient (Wildman–Crippen LogP) is 2.09. The molecule has 26 heavy (non-hydrogen) atoms. The standard InChI is InChI=1S/C18H20FN3O3S/c19-14-5-9-16(10-6-14)26(24,25)22-15-7-3-13(4-8-15)18(23)21-17(11-20)12-1-2-12/h3-10,12,17,22H,1-2,11,20H2,(H,21,23). The van der Waals surface area contributed by atoms with Crippen LogP contribution in [-0.4, -0.2) is 26.9 Å². The van der Waals surface area contributed by atoms with Gasteiger partial charge in [-0.05, 0) is 67.3 Å². The summed E-state index contributed by atoms with van der Waals surface area (Å²) in [6.07, 6.45) is 2.15. The second kappa shape index (κ2) is 7.43. The molecule has 0 aliphatic heterocycles. The van der Waals surface area contributed by atoms with Crippen molar-refractivity contribution in [2.24, 2.45) is 11.7 Å². The van der Waals surface area contributed by atoms with E-state index in [-0.39, 0.29) is 16.8 Å². The molecule has 0 saturated heterocycles. The van der Waals surface area contributed by atoms with Gasteiger partial charge in [0, 0.05) is 23.8 Å². The number of rotatable bonds is 7. The number of benzene rings is 2. The lowest BCUT2D eigenvalue weighted by atomic mass is 10.1. The number of anilines is 1. The first-order valence-corrected chi connectivity index (χ1v) is 9.77. The van der Waals surface area contributed by atoms with E-state index in [0.29, 0.717) is 23.7 Å². The van der Waals surface area contributed by atoms with Gasteiger partial charge in [-0.3, -0.25) is 9.52 Å². The van der Waals surface area contributed by atoms with Gasteiger partial charge in [0.05, 0.1) is 4.90 Å². The first kappa shape index (κ1) is 18.3. The Morgan fingerprint density at radius 1 is 1.12 bits per heavy atom. The van der Waals surface area contributed by atoms with Gasteiger partial charge in [-0.2, -0.15) is 0 Å². The van der Waals surface area contributed by atoms with Crippen LogP contribution < -0.4 is 15.8 Å². The third-order valence-corrected chi connectivity index (χ3v) is 5.68. The average molecular weight is 377 g/mol. The highest BCUT2D eigenvalue weighted by Crippen LogP contribution is 2.32. The highest BCUT2D eigenvalue weighted by Gasteiger charge is 2.31. The molecule has 0 aromatic heterocycles. The Morgan fingerprint density at radius 2 is 1.73 bits per heavy atom. The van der Waals surface area contributed by atoms with E-state index in [9.17, 15) is 17.6 Å². The Labute approximate surface area is 151 Å². The van der Waals surface area contributed by atoms with E-state index >= 15 is 0 Å². The molecule has 0 radical (unpaired) electrons. The summed E-state index contributed by atoms with van der Waals surface area (Å²) in [5.41, 5.74) is 6.42. The third-order valence-electron chi connectivity index (χ3n) is 4.28. The minimum absolute atomic E-state index is 0.0286. The Hall–Kier alpha value is -2.45. The van der Waals surface area contributed by atoms with Gasteiger partial charge in [0.1, 0.15) is 5.82 Å². The number of hydrogen-bond acceptors (Lipinski definition) is 4. The fourth-order valence-corrected chi connectivity index (χ4v) is 3.70. The lowest BCUT2D eigenvalue weighted by molar-refractivity contribution is 0.0933. The lowest BCUT2D eigenvalue weighted by Crippen LogP contribution is -2.41. The largest absolute Gasteiger partial charge is 0.348 e. The minimum Gasteiger partial charge on any atom is -0.348 e. The molecule has 2 aromatic carbocycles. The van der Waals surface area contributed by atoms with Gasteiger partial charge in [0.25, 0.3) is 15.9 Å². The molecule has 1 fully saturated rings. The number of halogens is 1. The van der Waals surface area contributed by atoms with E-state index in [1.165, 1.54) is 24.3 Å². The summed E-state index contributed by atoms with van der Waals surface area (Å²) < 4.78 is 39.9. The molecule has 1 amide bonds. The fourth-order valence-electron chi connectivity index (χ4n) is 2.64. The van der Waals surface area contributed by atoms with E-state index < -0.39 is 15.8 Å². The number of nitrogens with one attached hydrogen (secondary N) is 2. The SMILES string of the molecule is NCC(NC(=O)c1ccc(NS(=O)(=O)c2ccc(F)cc2)cc1)C1CC1. The number of nitrogens with two attached hydrogens (primary N) is 1. The third kappa shape index (κ3) is 4.39. The summed E-state index contributed by atoms with van der Waals surface area (Å²) in [6, 6.07) is 10.6. The molecule has 6 nitrogen and oxygen atoms in total. The van der Waals surface area contributed by atoms with Crippen LogP contribution in [0.5, 0.6) is 0 Å². The maximum absolute atomic E-state index is 12.9. The van der Waals surface area contributed by atoms with Gasteiger partial charge >= 0.3 is 0 Å². The molecule has 1 atom stereocenters. The monoisotopic (exact) mass is 377 g/mol. The molecule has 1 aliphatic rings. The van der Waals surface area contributed by atoms with Crippen molar-refractivity contribution in [3.8, 4) is 0 Å². The molecule has 0 bridgehead atoms. The van der Waals surface area contributed by atoms with Crippen LogP contribution in [0, 0.1) is 11.7 Å². The second-order valence-electron chi connectivity index (χ2n) is 6.29. The van der Waals surface area contributed by atoms with E-state index in [1.807, 2.05) is 0 Å². The zero-order valence-electron chi connectivity index (χ0n) is 14.0. The Kier molecular flexibility index (Phi) is 5.24. The number of sulfonamides is 1. The van der Waals surface area contributed by atoms with Gasteiger partial charge in [-0.1, -0.05) is 0 Å². The van der Waals surface area contributed by atoms with E-state index in [4.69, 9.17) is 5.73 Å². The molecule has 1 saturated carbocycles. The zero-order valence-corrected chi connectivity index (χ0v) is 14.8. The summed E-state index contributed by atoms with van der Waals surface area (Å²) >= 11 is 0. The molecule has 3 rings (SSSR count). The zero-order chi connectivity index (χ0) is 18.7. The average Bonchev–Trinajstić information content (AvgIpc) is 3.45. The molecule has 1 aliphatic carbocycles. The molecule has 0 heterocycles. The Balaban J connectivity index is 1.67. The van der Waals surface area contributed by atoms with Crippen molar-refractivity contribution in [3.05, 3.63) is 59.9 Å². The number of amides is 1. The van der Waals surface area contributed by atoms with Gasteiger partial charge in [-0.15, -0.1) is 0 Å². The van der Waals surface area contributed by atoms with Crippen molar-refractivity contribution >= 4 is 21.6 Å². The van der Waals surface area contributed by atoms with Gasteiger partial charge in [0.2, 0.25) is 0 Å². The smallest absolute Gasteiger partial charge is 0.261 e. The summed E-state index contributed by atoms with van der Waals surface area (Å²) in [7, 11) is -3.82. The normalized spacial score (nSPS) is 15.3. The van der Waals surface area contributed by atoms with Crippen LogP contribution in [0.2, 0.25) is 0 Å². The lowest BCUT2D eigenvalue weighted by Gasteiger charge is -2.16. The van der Waals surface area contributed by atoms with Crippen molar-refractivity contribution in [2.75, 3.05) is 11.3 Å². The molecule has 8 heteroatoms. The van der Waals surface area contributed by atoms with Crippen LogP contribution in [0.15, 0.2) is 53.4 Å². The van der Waals surface area contributed by atoms with E-state index in [2.05, 4.69) is 10.0 Å². The van der Waals surface area contributed by atoms with Crippen LogP contribution in [0.4, 0.5) is 10.1 Å². The van der Waals surface area contributed by atoms with Crippen molar-refractivity contribution in [1.29, 1.82) is 0 Å². The number of carbonyl (C=O) groups excluding carboxylic acids is 1. The van der Waals surface area contributed by atoms with Crippen molar-refractivity contribution in [3.63, 3.8) is 0 Å². The summed E-state index contributed by atoms with van der Waals surface area (Å²) in [5.74, 6) is -0.299. The molecule has 0 spiro atoms. The van der Waals surface area contributed by atoms with Crippen molar-refractivity contribution < 1.29 is 17.6 Å². The van der Waals surface area contributed by atoms with E-state index in [1.54, 1.807) is 12.1 Å². The Bertz CT molecular complexity index is 879. The molecule has 4 N–H and O–H groups in total. The second-order valence-corrected chi connectivity index (χ2v) is 7.97. The molecular formula is C18H20FN3O3S. The van der Waals surface area contributed by atoms with Crippen molar-refractivity contribution in [2.45, 2.75) is 23.8 Å². The maximum Gasteiger partial charge on any atom is 0.261 e. The molecule has 1 unspecified atom stereocenters. The quantitative estimate of drug-likeness (QED) is 0.688. The van der Waals surface area contributed by atoms with Crippen molar-refractivity contribution in [1.82, 2.24) is 5.32 Å². The topological polar surface area (TPSA) is 101 Å². The predicted molar refractivity (Wildman–Crippen MR) is 96.7 cm³/mol. The first-order chi connectivity index (χ1) is 12.4. The van der Waals surface area contributed by atoms with Gasteiger partial charge < -0.3 is 11.1 Å². The fraction of sp³-hybridized carbons (Fsp3) is 0.278. The van der Waals surface area contributed by atoms with Gasteiger partial charge in [-0.25, -0.2) is 12.8 Å². The van der Waals surface area contributed by atoms with Crippen LogP contribution in [-0.2, 0) is 10.0 Å². The number of carbonyl (C=O) groups is 1. The number of hydrogen-bond donors (Lipinski definition) is 3. The van der Waals surface area contributed by atoms with Crippen LogP contribution in [0.25, 0.3) is 0 Å². The van der Waals surface area contributed by atoms with Crippen LogP contribution in [0.3, 0.4) is 0 Å². The highest BCUT2D eigenvalue weighted by atomic mass is 32.2. The van der Waals surface area contributed by atoms with E-state index in [0.717, 1.165) is 25.0 Å². The first-order valence-electron chi connectivity index (χ1n) is 8.28. The summed E-state index contributed by atoms with van der Waals surface area (Å²) in [6.45, 7) is 0.395. The maximum atomic E-state index is 12.9.